The summed E-state index contributed by atoms with van der Waals surface area (Å²) in [5.74, 6) is 1.83. The molecule has 2 heteroatoms. The molecule has 0 aromatic rings. The van der Waals surface area contributed by atoms with Crippen molar-refractivity contribution < 1.29 is 4.74 Å². The van der Waals surface area contributed by atoms with E-state index in [2.05, 4.69) is 12.2 Å². The van der Waals surface area contributed by atoms with Gasteiger partial charge in [0, 0.05) is 19.3 Å². The van der Waals surface area contributed by atoms with E-state index >= 15 is 0 Å². The van der Waals surface area contributed by atoms with Crippen LogP contribution in [0.3, 0.4) is 0 Å². The van der Waals surface area contributed by atoms with Crippen LogP contribution in [0.15, 0.2) is 0 Å². The zero-order valence-corrected chi connectivity index (χ0v) is 9.30. The molecule has 1 aliphatic heterocycles. The Morgan fingerprint density at radius 2 is 1.93 bits per heavy atom. The third-order valence-corrected chi connectivity index (χ3v) is 3.93. The molecule has 1 N–H and O–H groups in total. The summed E-state index contributed by atoms with van der Waals surface area (Å²) in [7, 11) is 0. The molecule has 0 aromatic heterocycles. The highest BCUT2D eigenvalue weighted by Crippen LogP contribution is 2.26. The van der Waals surface area contributed by atoms with Gasteiger partial charge in [0.05, 0.1) is 0 Å². The largest absolute Gasteiger partial charge is 0.381 e. The van der Waals surface area contributed by atoms with E-state index in [4.69, 9.17) is 4.74 Å². The Balaban J connectivity index is 1.62. The van der Waals surface area contributed by atoms with E-state index in [1.807, 2.05) is 0 Å². The molecule has 82 valence electrons. The van der Waals surface area contributed by atoms with Crippen molar-refractivity contribution in [3.63, 3.8) is 0 Å². The third kappa shape index (κ3) is 2.71. The van der Waals surface area contributed by atoms with Crippen LogP contribution >= 0.6 is 0 Å². The Bertz CT molecular complexity index is 162. The first-order valence-corrected chi connectivity index (χ1v) is 6.17. The second-order valence-corrected chi connectivity index (χ2v) is 4.94. The Kier molecular flexibility index (Phi) is 3.82. The van der Waals surface area contributed by atoms with Gasteiger partial charge in [-0.25, -0.2) is 0 Å². The smallest absolute Gasteiger partial charge is 0.0469 e. The van der Waals surface area contributed by atoms with Crippen LogP contribution in [0.4, 0.5) is 0 Å². The molecular weight excluding hydrogens is 174 g/mol. The molecule has 1 atom stereocenters. The van der Waals surface area contributed by atoms with Gasteiger partial charge in [-0.2, -0.15) is 0 Å². The van der Waals surface area contributed by atoms with Crippen LogP contribution in [0.1, 0.15) is 39.0 Å². The predicted molar refractivity (Wildman–Crippen MR) is 58.3 cm³/mol. The van der Waals surface area contributed by atoms with Crippen molar-refractivity contribution in [3.05, 3.63) is 0 Å². The van der Waals surface area contributed by atoms with Crippen molar-refractivity contribution in [1.29, 1.82) is 0 Å². The van der Waals surface area contributed by atoms with E-state index < -0.39 is 0 Å². The summed E-state index contributed by atoms with van der Waals surface area (Å²) in [5, 5.41) is 3.70. The van der Waals surface area contributed by atoms with Crippen molar-refractivity contribution in [2.75, 3.05) is 19.8 Å². The Morgan fingerprint density at radius 3 is 2.50 bits per heavy atom. The number of rotatable bonds is 4. The molecule has 1 heterocycles. The van der Waals surface area contributed by atoms with E-state index in [0.717, 1.165) is 25.0 Å². The highest BCUT2D eigenvalue weighted by molar-refractivity contribution is 4.78. The molecule has 0 bridgehead atoms. The van der Waals surface area contributed by atoms with Crippen LogP contribution in [-0.4, -0.2) is 25.8 Å². The standard InChI is InChI=1S/C12H23NO/c1-10(12-5-7-14-8-6-12)13-9-11-3-2-4-11/h10-13H,2-9H2,1H3. The maximum absolute atomic E-state index is 5.38. The molecule has 2 rings (SSSR count). The third-order valence-electron chi connectivity index (χ3n) is 3.93. The fraction of sp³-hybridized carbons (Fsp3) is 1.00. The molecule has 0 radical (unpaired) electrons. The van der Waals surface area contributed by atoms with Gasteiger partial charge < -0.3 is 10.1 Å². The van der Waals surface area contributed by atoms with E-state index in [-0.39, 0.29) is 0 Å². The lowest BCUT2D eigenvalue weighted by Gasteiger charge is -2.32. The van der Waals surface area contributed by atoms with Crippen molar-refractivity contribution in [1.82, 2.24) is 5.32 Å². The second kappa shape index (κ2) is 5.13. The summed E-state index contributed by atoms with van der Waals surface area (Å²) in [6, 6.07) is 0.694. The maximum atomic E-state index is 5.38. The highest BCUT2D eigenvalue weighted by atomic mass is 16.5. The first-order valence-electron chi connectivity index (χ1n) is 6.17. The summed E-state index contributed by atoms with van der Waals surface area (Å²) in [6.07, 6.45) is 6.86. The zero-order chi connectivity index (χ0) is 9.80. The topological polar surface area (TPSA) is 21.3 Å². The Hall–Kier alpha value is -0.0800. The lowest BCUT2D eigenvalue weighted by Crippen LogP contribution is -2.40. The van der Waals surface area contributed by atoms with E-state index in [9.17, 15) is 0 Å². The molecule has 0 amide bonds. The van der Waals surface area contributed by atoms with Crippen molar-refractivity contribution in [3.8, 4) is 0 Å². The van der Waals surface area contributed by atoms with Gasteiger partial charge in [0.25, 0.3) is 0 Å². The average Bonchev–Trinajstić information content (AvgIpc) is 2.16. The fourth-order valence-corrected chi connectivity index (χ4v) is 2.43. The van der Waals surface area contributed by atoms with Gasteiger partial charge in [-0.15, -0.1) is 0 Å². The Labute approximate surface area is 87.4 Å². The van der Waals surface area contributed by atoms with Crippen LogP contribution in [0.2, 0.25) is 0 Å². The lowest BCUT2D eigenvalue weighted by molar-refractivity contribution is 0.0549. The minimum absolute atomic E-state index is 0.694. The van der Waals surface area contributed by atoms with Crippen LogP contribution in [0.5, 0.6) is 0 Å². The summed E-state index contributed by atoms with van der Waals surface area (Å²) >= 11 is 0. The zero-order valence-electron chi connectivity index (χ0n) is 9.30. The van der Waals surface area contributed by atoms with E-state index in [1.165, 1.54) is 38.6 Å². The molecular formula is C12H23NO. The predicted octanol–water partition coefficient (Wildman–Crippen LogP) is 2.19. The molecule has 1 saturated heterocycles. The van der Waals surface area contributed by atoms with Crippen molar-refractivity contribution in [2.24, 2.45) is 11.8 Å². The highest BCUT2D eigenvalue weighted by Gasteiger charge is 2.22. The molecule has 2 nitrogen and oxygen atoms in total. The molecule has 1 saturated carbocycles. The normalized spacial score (nSPS) is 27.2. The number of nitrogens with one attached hydrogen (secondary N) is 1. The van der Waals surface area contributed by atoms with Crippen LogP contribution < -0.4 is 5.32 Å². The summed E-state index contributed by atoms with van der Waals surface area (Å²) in [6.45, 7) is 5.54. The lowest BCUT2D eigenvalue weighted by atomic mass is 9.84. The second-order valence-electron chi connectivity index (χ2n) is 4.94. The van der Waals surface area contributed by atoms with Gasteiger partial charge >= 0.3 is 0 Å². The fourth-order valence-electron chi connectivity index (χ4n) is 2.43. The maximum Gasteiger partial charge on any atom is 0.0469 e. The van der Waals surface area contributed by atoms with E-state index in [1.54, 1.807) is 0 Å². The summed E-state index contributed by atoms with van der Waals surface area (Å²) in [4.78, 5) is 0. The van der Waals surface area contributed by atoms with Crippen LogP contribution in [0, 0.1) is 11.8 Å². The number of ether oxygens (including phenoxy) is 1. The van der Waals surface area contributed by atoms with Gasteiger partial charge in [-0.3, -0.25) is 0 Å². The molecule has 2 aliphatic rings. The Morgan fingerprint density at radius 1 is 1.21 bits per heavy atom. The van der Waals surface area contributed by atoms with Crippen molar-refractivity contribution in [2.45, 2.75) is 45.1 Å². The monoisotopic (exact) mass is 197 g/mol. The minimum atomic E-state index is 0.694. The van der Waals surface area contributed by atoms with Crippen LogP contribution in [-0.2, 0) is 4.74 Å². The van der Waals surface area contributed by atoms with E-state index in [0.29, 0.717) is 6.04 Å². The SMILES string of the molecule is CC(NCC1CCC1)C1CCOCC1. The minimum Gasteiger partial charge on any atom is -0.381 e. The van der Waals surface area contributed by atoms with Gasteiger partial charge in [0.15, 0.2) is 0 Å². The molecule has 1 aliphatic carbocycles. The molecule has 0 aromatic carbocycles. The summed E-state index contributed by atoms with van der Waals surface area (Å²) in [5.41, 5.74) is 0. The average molecular weight is 197 g/mol. The van der Waals surface area contributed by atoms with Gasteiger partial charge in [0.1, 0.15) is 0 Å². The van der Waals surface area contributed by atoms with Gasteiger partial charge in [0.2, 0.25) is 0 Å². The first-order chi connectivity index (χ1) is 6.86. The number of hydrogen-bond donors (Lipinski definition) is 1. The summed E-state index contributed by atoms with van der Waals surface area (Å²) < 4.78 is 5.38. The van der Waals surface area contributed by atoms with Crippen LogP contribution in [0.25, 0.3) is 0 Å². The van der Waals surface area contributed by atoms with Gasteiger partial charge in [-0.1, -0.05) is 6.42 Å². The molecule has 2 fully saturated rings. The first kappa shape index (κ1) is 10.4. The quantitative estimate of drug-likeness (QED) is 0.746. The van der Waals surface area contributed by atoms with Crippen molar-refractivity contribution >= 4 is 0 Å². The molecule has 0 spiro atoms. The molecule has 1 unspecified atom stereocenters. The number of hydrogen-bond acceptors (Lipinski definition) is 2. The molecule has 14 heavy (non-hydrogen) atoms. The van der Waals surface area contributed by atoms with Gasteiger partial charge in [-0.05, 0) is 51.0 Å².